The number of esters is 2. The summed E-state index contributed by atoms with van der Waals surface area (Å²) >= 11 is 0. The summed E-state index contributed by atoms with van der Waals surface area (Å²) in [5, 5.41) is 179. The van der Waals surface area contributed by atoms with Crippen LogP contribution in [-0.2, 0) is 42.7 Å². The number of benzene rings is 4. The molecule has 0 saturated carbocycles. The molecule has 3 aromatic carbocycles. The van der Waals surface area contributed by atoms with Crippen molar-refractivity contribution < 1.29 is 148 Å². The highest BCUT2D eigenvalue weighted by Gasteiger charge is 2.53. The number of ether oxygens (including phenoxy) is 10. The van der Waals surface area contributed by atoms with Gasteiger partial charge in [0.25, 0.3) is 0 Å². The lowest BCUT2D eigenvalue weighted by Crippen LogP contribution is -2.65. The largest absolute Gasteiger partial charge is 0.508 e. The van der Waals surface area contributed by atoms with E-state index < -0.39 is 190 Å². The first-order valence-electron chi connectivity index (χ1n) is 26.9. The van der Waals surface area contributed by atoms with Gasteiger partial charge in [-0.05, 0) is 77.9 Å². The number of hydrogen-bond donors (Lipinski definition) is 17. The highest BCUT2D eigenvalue weighted by Crippen LogP contribution is 2.44. The number of carbonyl (C=O) groups is 2. The number of phenols is 4. The lowest BCUT2D eigenvalue weighted by molar-refractivity contribution is -0.358. The molecule has 0 radical (unpaired) electrons. The predicted molar refractivity (Wildman–Crippen MR) is 288 cm³/mol. The van der Waals surface area contributed by atoms with Crippen molar-refractivity contribution in [1.29, 1.82) is 0 Å². The average Bonchev–Trinajstić information content (AvgIpc) is 0.995. The number of fused-ring (bicyclic) bond motifs is 1. The standard InChI is InChI=1S/C57H62O31/c58-18-35-41(67)45(71)49(75)55(84-35)82-33-14-23(2-10-29(33)63)4-12-40(66)79-21-38-44(70)47(73)51(77)56(87-38)88-53-48(74)42(68)36(19-59)85-57(53)83-34-17-27-31(80-52(34)24-5-7-25(60)8-6-24)15-26(61)16-32(27)81-54-50(76)46(72)43(69)37(86-54)20-78-39(65)11-3-22-1-9-28(62)30(64)13-22/h1-17,35-38,41-51,53-60,62-64,67-77H,18-21H2/t35-,36-,37-,38-,41-,42-,43-,44-,45+,46+,47+,48+,49-,50-,51-,53-,54-,55-,56-,57-/m1/s1. The second-order valence-corrected chi connectivity index (χ2v) is 20.6. The first-order valence-corrected chi connectivity index (χ1v) is 26.9. The second-order valence-electron chi connectivity index (χ2n) is 20.6. The van der Waals surface area contributed by atoms with E-state index in [0.29, 0.717) is 5.56 Å². The van der Waals surface area contributed by atoms with Crippen LogP contribution in [0.4, 0.5) is 0 Å². The SMILES string of the molecule is O=C(C=Cc1ccc(O)c(O)c1)OC[C@H]1O[C@@H](Oc2cc(=O)cc3oc(-c4ccc(O)cc4)c(O[C@@H]4O[C@H](CO)[C@@H](O)[C@H](O)[C@H]4O[C@H]4O[C@H](COC(=O)C=Cc5ccc(O)c(O[C@@H]6O[C@H](CO)[C@@H](O)[C@H](O)[C@H]6O)c5)[C@@H](O)[C@H](O)[C@H]4O)cc2-3)[C@H](O)[C@@H](O)[C@@H]1O. The number of phenolic OH excluding ortho intramolecular Hbond substituents is 4. The quantitative estimate of drug-likeness (QED) is 0.0214. The van der Waals surface area contributed by atoms with Gasteiger partial charge in [0.1, 0.15) is 122 Å². The molecule has 31 heteroatoms. The molecular weight excluding hydrogens is 1180 g/mol. The zero-order valence-corrected chi connectivity index (χ0v) is 45.5. The number of aliphatic hydroxyl groups excluding tert-OH is 13. The topological polar surface area (TPSA) is 501 Å². The van der Waals surface area contributed by atoms with Gasteiger partial charge in [-0.2, -0.15) is 0 Å². The van der Waals surface area contributed by atoms with E-state index in [2.05, 4.69) is 0 Å². The highest BCUT2D eigenvalue weighted by atomic mass is 16.8. The summed E-state index contributed by atoms with van der Waals surface area (Å²) in [6.45, 7) is -3.29. The van der Waals surface area contributed by atoms with Crippen LogP contribution in [0.2, 0.25) is 0 Å². The van der Waals surface area contributed by atoms with Crippen LogP contribution in [0.5, 0.6) is 40.2 Å². The maximum Gasteiger partial charge on any atom is 0.330 e. The van der Waals surface area contributed by atoms with Crippen molar-refractivity contribution in [3.63, 3.8) is 0 Å². The van der Waals surface area contributed by atoms with E-state index >= 15 is 0 Å². The highest BCUT2D eigenvalue weighted by molar-refractivity contribution is 5.88. The van der Waals surface area contributed by atoms with Crippen LogP contribution >= 0.6 is 0 Å². The Morgan fingerprint density at radius 2 is 0.932 bits per heavy atom. The zero-order chi connectivity index (χ0) is 63.4. The molecule has 0 unspecified atom stereocenters. The summed E-state index contributed by atoms with van der Waals surface area (Å²) in [6, 6.07) is 15.7. The van der Waals surface area contributed by atoms with Crippen LogP contribution in [0.1, 0.15) is 11.1 Å². The summed E-state index contributed by atoms with van der Waals surface area (Å²) in [6.07, 6.45) is -33.3. The molecule has 3 aromatic rings. The second kappa shape index (κ2) is 27.8. The Hall–Kier alpha value is -7.61. The fourth-order valence-electron chi connectivity index (χ4n) is 9.60. The Morgan fingerprint density at radius 1 is 0.455 bits per heavy atom. The Kier molecular flexibility index (Phi) is 20.5. The van der Waals surface area contributed by atoms with Crippen molar-refractivity contribution in [2.75, 3.05) is 26.4 Å². The third kappa shape index (κ3) is 14.4. The molecule has 4 fully saturated rings. The van der Waals surface area contributed by atoms with Crippen molar-refractivity contribution in [3.8, 4) is 62.9 Å². The molecule has 31 nitrogen and oxygen atoms in total. The van der Waals surface area contributed by atoms with Gasteiger partial charge in [0.15, 0.2) is 52.3 Å². The molecule has 0 bridgehead atoms. The van der Waals surface area contributed by atoms with E-state index in [1.807, 2.05) is 0 Å². The molecule has 20 atom stereocenters. The molecule has 17 N–H and O–H groups in total. The Labute approximate surface area is 495 Å². The third-order valence-electron chi connectivity index (χ3n) is 14.5. The van der Waals surface area contributed by atoms with Crippen LogP contribution in [0, 0.1) is 0 Å². The fraction of sp³-hybridized carbons (Fsp3) is 0.421. The molecule has 6 aliphatic rings. The molecule has 5 aliphatic heterocycles. The maximum atomic E-state index is 13.3. The molecule has 0 amide bonds. The minimum atomic E-state index is -2.16. The fourth-order valence-corrected chi connectivity index (χ4v) is 9.60. The monoisotopic (exact) mass is 1240 g/mol. The van der Waals surface area contributed by atoms with Gasteiger partial charge >= 0.3 is 11.9 Å². The molecule has 476 valence electrons. The molecule has 88 heavy (non-hydrogen) atoms. The zero-order valence-electron chi connectivity index (χ0n) is 45.5. The minimum absolute atomic E-state index is 0.140. The van der Waals surface area contributed by atoms with Gasteiger partial charge in [-0.15, -0.1) is 0 Å². The normalized spacial score (nSPS) is 32.6. The van der Waals surface area contributed by atoms with Crippen molar-refractivity contribution in [3.05, 3.63) is 112 Å². The molecule has 4 saturated heterocycles. The molecule has 0 aromatic heterocycles. The Morgan fingerprint density at radius 3 is 1.50 bits per heavy atom. The molecule has 1 aliphatic carbocycles. The van der Waals surface area contributed by atoms with E-state index in [4.69, 9.17) is 51.8 Å². The summed E-state index contributed by atoms with van der Waals surface area (Å²) < 4.78 is 63.2. The van der Waals surface area contributed by atoms with Crippen LogP contribution < -0.4 is 19.6 Å². The van der Waals surface area contributed by atoms with Gasteiger partial charge in [0.05, 0.1) is 18.8 Å². The predicted octanol–water partition coefficient (Wildman–Crippen LogP) is -3.88. The summed E-state index contributed by atoms with van der Waals surface area (Å²) in [4.78, 5) is 39.0. The number of rotatable bonds is 19. The minimum Gasteiger partial charge on any atom is -0.508 e. The van der Waals surface area contributed by atoms with Crippen molar-refractivity contribution in [2.24, 2.45) is 0 Å². The average molecular weight is 1240 g/mol. The van der Waals surface area contributed by atoms with Gasteiger partial charge in [0.2, 0.25) is 18.9 Å². The van der Waals surface area contributed by atoms with Crippen molar-refractivity contribution in [2.45, 2.75) is 123 Å². The number of hydrogen-bond acceptors (Lipinski definition) is 31. The van der Waals surface area contributed by atoms with Gasteiger partial charge in [-0.1, -0.05) is 12.1 Å². The number of aliphatic hydroxyl groups is 13. The maximum absolute atomic E-state index is 13.3. The lowest BCUT2D eigenvalue weighted by Gasteiger charge is -2.46. The first-order chi connectivity index (χ1) is 41.9. The third-order valence-corrected chi connectivity index (χ3v) is 14.5. The molecule has 5 heterocycles. The molecule has 0 spiro atoms. The smallest absolute Gasteiger partial charge is 0.330 e. The first kappa shape index (κ1) is 64.9. The van der Waals surface area contributed by atoms with Gasteiger partial charge in [0, 0.05) is 29.8 Å². The van der Waals surface area contributed by atoms with Crippen molar-refractivity contribution >= 4 is 24.1 Å². The van der Waals surface area contributed by atoms with Crippen LogP contribution in [0.15, 0.2) is 100 Å². The van der Waals surface area contributed by atoms with Crippen LogP contribution in [0.3, 0.4) is 0 Å². The lowest BCUT2D eigenvalue weighted by atomic mass is 9.97. The van der Waals surface area contributed by atoms with Crippen LogP contribution in [0.25, 0.3) is 34.8 Å². The van der Waals surface area contributed by atoms with Gasteiger partial charge in [-0.25, -0.2) is 9.59 Å². The number of aromatic hydroxyl groups is 4. The Bertz CT molecular complexity index is 3300. The summed E-state index contributed by atoms with van der Waals surface area (Å²) in [5.41, 5.74) is -0.305. The van der Waals surface area contributed by atoms with E-state index in [1.54, 1.807) is 0 Å². The Balaban J connectivity index is 0.930. The summed E-state index contributed by atoms with van der Waals surface area (Å²) in [5.74, 6) is -5.25. The van der Waals surface area contributed by atoms with Crippen LogP contribution in [-0.4, -0.2) is 248 Å². The van der Waals surface area contributed by atoms with Gasteiger partial charge in [-0.3, -0.25) is 4.79 Å². The molecular formula is C57H62O31. The molecule has 9 rings (SSSR count). The van der Waals surface area contributed by atoms with E-state index in [-0.39, 0.29) is 45.5 Å². The number of carbonyl (C=O) groups excluding carboxylic acids is 2. The summed E-state index contributed by atoms with van der Waals surface area (Å²) in [7, 11) is 0. The van der Waals surface area contributed by atoms with Crippen molar-refractivity contribution in [1.82, 2.24) is 0 Å². The van der Waals surface area contributed by atoms with E-state index in [9.17, 15) is 101 Å². The van der Waals surface area contributed by atoms with Gasteiger partial charge < -0.3 is 139 Å². The van der Waals surface area contributed by atoms with E-state index in [0.717, 1.165) is 36.4 Å². The van der Waals surface area contributed by atoms with E-state index in [1.165, 1.54) is 66.7 Å².